The zero-order valence-electron chi connectivity index (χ0n) is 12.8. The molecular formula is C15H28O4. The van der Waals surface area contributed by atoms with Crippen molar-refractivity contribution in [3.8, 4) is 0 Å². The zero-order chi connectivity index (χ0) is 14.6. The highest BCUT2D eigenvalue weighted by molar-refractivity contribution is 5.60. The van der Waals surface area contributed by atoms with Crippen molar-refractivity contribution in [2.75, 3.05) is 6.61 Å². The van der Waals surface area contributed by atoms with Gasteiger partial charge in [0.25, 0.3) is 0 Å². The number of aliphatic hydroxyl groups excluding tert-OH is 1. The Morgan fingerprint density at radius 1 is 1.37 bits per heavy atom. The number of hydrogen-bond acceptors (Lipinski definition) is 4. The molecule has 1 fully saturated rings. The van der Waals surface area contributed by atoms with Crippen molar-refractivity contribution in [1.29, 1.82) is 0 Å². The summed E-state index contributed by atoms with van der Waals surface area (Å²) >= 11 is 0. The first-order chi connectivity index (χ1) is 8.71. The van der Waals surface area contributed by atoms with E-state index in [2.05, 4.69) is 27.7 Å². The van der Waals surface area contributed by atoms with Crippen LogP contribution in [0.3, 0.4) is 0 Å². The summed E-state index contributed by atoms with van der Waals surface area (Å²) in [6.07, 6.45) is 1.73. The third-order valence-electron chi connectivity index (χ3n) is 3.93. The van der Waals surface area contributed by atoms with Gasteiger partial charge in [-0.15, -0.1) is 0 Å². The molecule has 112 valence electrons. The highest BCUT2D eigenvalue weighted by atomic mass is 16.7. The van der Waals surface area contributed by atoms with Crippen molar-refractivity contribution < 1.29 is 19.4 Å². The van der Waals surface area contributed by atoms with Crippen molar-refractivity contribution in [3.05, 3.63) is 0 Å². The van der Waals surface area contributed by atoms with E-state index in [1.165, 1.54) is 6.42 Å². The van der Waals surface area contributed by atoms with Gasteiger partial charge in [-0.25, -0.2) is 4.79 Å². The van der Waals surface area contributed by atoms with E-state index in [-0.39, 0.29) is 18.1 Å². The summed E-state index contributed by atoms with van der Waals surface area (Å²) in [6.45, 7) is 10.3. The first kappa shape index (κ1) is 16.3. The van der Waals surface area contributed by atoms with E-state index >= 15 is 0 Å². The molecule has 0 aromatic heterocycles. The molecule has 19 heavy (non-hydrogen) atoms. The molecule has 1 rings (SSSR count). The molecule has 1 N–H and O–H groups in total. The van der Waals surface area contributed by atoms with Crippen LogP contribution >= 0.6 is 0 Å². The molecule has 0 heterocycles. The Labute approximate surface area is 116 Å². The molecule has 0 amide bonds. The van der Waals surface area contributed by atoms with Crippen LogP contribution in [-0.4, -0.2) is 30.1 Å². The predicted molar refractivity (Wildman–Crippen MR) is 73.9 cm³/mol. The number of rotatable bonds is 4. The minimum Gasteiger partial charge on any atom is -0.432 e. The lowest BCUT2D eigenvalue weighted by atomic mass is 9.68. The van der Waals surface area contributed by atoms with Gasteiger partial charge in [-0.1, -0.05) is 27.7 Å². The molecule has 4 nitrogen and oxygen atoms in total. The van der Waals surface area contributed by atoms with Crippen molar-refractivity contribution >= 4 is 6.16 Å². The summed E-state index contributed by atoms with van der Waals surface area (Å²) in [5.74, 6) is 0.887. The fourth-order valence-corrected chi connectivity index (χ4v) is 2.78. The lowest BCUT2D eigenvalue weighted by molar-refractivity contribution is -0.0546. The fraction of sp³-hybridized carbons (Fsp3) is 0.933. The third kappa shape index (κ3) is 5.39. The average Bonchev–Trinajstić information content (AvgIpc) is 2.24. The van der Waals surface area contributed by atoms with Crippen LogP contribution in [0.1, 0.15) is 53.9 Å². The summed E-state index contributed by atoms with van der Waals surface area (Å²) in [7, 11) is 0. The van der Waals surface area contributed by atoms with Crippen LogP contribution < -0.4 is 0 Å². The summed E-state index contributed by atoms with van der Waals surface area (Å²) in [4.78, 5) is 11.6. The molecule has 0 bridgehead atoms. The summed E-state index contributed by atoms with van der Waals surface area (Å²) in [5, 5.41) is 9.10. The predicted octanol–water partition coefficient (Wildman–Crippen LogP) is 3.37. The number of carbonyl (C=O) groups is 1. The highest BCUT2D eigenvalue weighted by Gasteiger charge is 2.38. The third-order valence-corrected chi connectivity index (χ3v) is 3.93. The fourth-order valence-electron chi connectivity index (χ4n) is 2.78. The molecular weight excluding hydrogens is 244 g/mol. The van der Waals surface area contributed by atoms with E-state index in [1.807, 2.05) is 0 Å². The Balaban J connectivity index is 2.57. The van der Waals surface area contributed by atoms with E-state index in [9.17, 15) is 4.79 Å². The smallest absolute Gasteiger partial charge is 0.432 e. The normalized spacial score (nSPS) is 27.9. The Hall–Kier alpha value is -0.770. The maximum absolute atomic E-state index is 11.6. The second-order valence-electron chi connectivity index (χ2n) is 6.88. The van der Waals surface area contributed by atoms with Gasteiger partial charge in [0.15, 0.2) is 0 Å². The molecule has 0 saturated heterocycles. The van der Waals surface area contributed by atoms with Gasteiger partial charge in [0, 0.05) is 0 Å². The first-order valence-corrected chi connectivity index (χ1v) is 7.23. The van der Waals surface area contributed by atoms with Gasteiger partial charge >= 0.3 is 6.16 Å². The lowest BCUT2D eigenvalue weighted by Gasteiger charge is -2.41. The standard InChI is InChI=1S/C15H28O4/c1-10(2)12-6-7-15(4,5)8-13(12)19-14(17)18-9-11(3)16/h10-13,16H,6-9H2,1-5H3. The molecule has 1 aliphatic carbocycles. The molecule has 1 aliphatic rings. The van der Waals surface area contributed by atoms with Gasteiger partial charge in [0.1, 0.15) is 12.7 Å². The van der Waals surface area contributed by atoms with Crippen LogP contribution in [-0.2, 0) is 9.47 Å². The lowest BCUT2D eigenvalue weighted by Crippen LogP contribution is -2.39. The number of ether oxygens (including phenoxy) is 2. The van der Waals surface area contributed by atoms with Crippen molar-refractivity contribution in [1.82, 2.24) is 0 Å². The van der Waals surface area contributed by atoms with Gasteiger partial charge in [-0.2, -0.15) is 0 Å². The topological polar surface area (TPSA) is 55.8 Å². The summed E-state index contributed by atoms with van der Waals surface area (Å²) < 4.78 is 10.4. The second kappa shape index (κ2) is 6.60. The molecule has 0 spiro atoms. The van der Waals surface area contributed by atoms with E-state index in [0.29, 0.717) is 11.8 Å². The molecule has 0 aliphatic heterocycles. The van der Waals surface area contributed by atoms with Crippen LogP contribution in [0.2, 0.25) is 0 Å². The van der Waals surface area contributed by atoms with E-state index in [1.54, 1.807) is 6.92 Å². The Morgan fingerprint density at radius 2 is 2.00 bits per heavy atom. The second-order valence-corrected chi connectivity index (χ2v) is 6.88. The largest absolute Gasteiger partial charge is 0.508 e. The number of carbonyl (C=O) groups excluding carboxylic acids is 1. The van der Waals surface area contributed by atoms with E-state index < -0.39 is 12.3 Å². The molecule has 0 aromatic rings. The Morgan fingerprint density at radius 3 is 2.53 bits per heavy atom. The van der Waals surface area contributed by atoms with Crippen molar-refractivity contribution in [2.45, 2.75) is 66.1 Å². The van der Waals surface area contributed by atoms with E-state index in [4.69, 9.17) is 14.6 Å². The monoisotopic (exact) mass is 272 g/mol. The van der Waals surface area contributed by atoms with Gasteiger partial charge in [-0.05, 0) is 43.4 Å². The molecule has 0 radical (unpaired) electrons. The zero-order valence-corrected chi connectivity index (χ0v) is 12.8. The molecule has 1 saturated carbocycles. The van der Waals surface area contributed by atoms with Crippen LogP contribution in [0.15, 0.2) is 0 Å². The number of hydrogen-bond donors (Lipinski definition) is 1. The SMILES string of the molecule is CC(O)COC(=O)OC1CC(C)(C)CCC1C(C)C. The minimum absolute atomic E-state index is 0.0126. The van der Waals surface area contributed by atoms with Gasteiger partial charge in [0.2, 0.25) is 0 Å². The van der Waals surface area contributed by atoms with E-state index in [0.717, 1.165) is 12.8 Å². The minimum atomic E-state index is -0.658. The molecule has 0 aromatic carbocycles. The molecule has 3 atom stereocenters. The van der Waals surface area contributed by atoms with Crippen LogP contribution in [0.25, 0.3) is 0 Å². The maximum atomic E-state index is 11.6. The van der Waals surface area contributed by atoms with Crippen LogP contribution in [0, 0.1) is 17.3 Å². The van der Waals surface area contributed by atoms with Crippen molar-refractivity contribution in [2.24, 2.45) is 17.3 Å². The van der Waals surface area contributed by atoms with Gasteiger partial charge in [-0.3, -0.25) is 0 Å². The molecule has 4 heteroatoms. The van der Waals surface area contributed by atoms with Crippen LogP contribution in [0.4, 0.5) is 4.79 Å². The highest BCUT2D eigenvalue weighted by Crippen LogP contribution is 2.42. The quantitative estimate of drug-likeness (QED) is 0.797. The van der Waals surface area contributed by atoms with Gasteiger partial charge < -0.3 is 14.6 Å². The first-order valence-electron chi connectivity index (χ1n) is 7.23. The van der Waals surface area contributed by atoms with Crippen molar-refractivity contribution in [3.63, 3.8) is 0 Å². The van der Waals surface area contributed by atoms with Crippen LogP contribution in [0.5, 0.6) is 0 Å². The summed E-state index contributed by atoms with van der Waals surface area (Å²) in [6, 6.07) is 0. The Bertz CT molecular complexity index is 297. The maximum Gasteiger partial charge on any atom is 0.508 e. The molecule has 3 unspecified atom stereocenters. The average molecular weight is 272 g/mol. The number of aliphatic hydroxyl groups is 1. The Kier molecular flexibility index (Phi) is 5.65. The van der Waals surface area contributed by atoms with Gasteiger partial charge in [0.05, 0.1) is 6.10 Å². The summed E-state index contributed by atoms with van der Waals surface area (Å²) in [5.41, 5.74) is 0.209.